The Kier molecular flexibility index (Phi) is 5.44. The van der Waals surface area contributed by atoms with Crippen molar-refractivity contribution in [2.75, 3.05) is 13.7 Å². The molecule has 1 aromatic rings. The van der Waals surface area contributed by atoms with Crippen LogP contribution in [-0.2, 0) is 4.74 Å². The first-order valence-electron chi connectivity index (χ1n) is 6.46. The van der Waals surface area contributed by atoms with Crippen LogP contribution < -0.4 is 10.1 Å². The Morgan fingerprint density at radius 1 is 1.32 bits per heavy atom. The minimum absolute atomic E-state index is 0.0571. The average Bonchev–Trinajstić information content (AvgIpc) is 2.42. The monoisotopic (exact) mass is 310 g/mol. The summed E-state index contributed by atoms with van der Waals surface area (Å²) in [5, 5.41) is 13.2. The summed E-state index contributed by atoms with van der Waals surface area (Å²) in [5.41, 5.74) is -0.888. The van der Waals surface area contributed by atoms with Crippen LogP contribution in [0, 0.1) is 10.1 Å². The minimum atomic E-state index is -0.733. The molecular weight excluding hydrogens is 292 g/mol. The molecule has 8 nitrogen and oxygen atoms in total. The predicted molar refractivity (Wildman–Crippen MR) is 78.2 cm³/mol. The summed E-state index contributed by atoms with van der Waals surface area (Å²) in [6.07, 6.45) is -0.733. The number of nitro groups is 1. The van der Waals surface area contributed by atoms with Crippen LogP contribution in [0.1, 0.15) is 31.1 Å². The molecule has 0 unspecified atom stereocenters. The highest BCUT2D eigenvalue weighted by Gasteiger charge is 2.20. The van der Waals surface area contributed by atoms with Gasteiger partial charge < -0.3 is 14.8 Å². The fraction of sp³-hybridized carbons (Fsp3) is 0.429. The number of ketones is 1. The van der Waals surface area contributed by atoms with Gasteiger partial charge >= 0.3 is 11.8 Å². The normalized spacial score (nSPS) is 10.7. The number of hydrogen-bond donors (Lipinski definition) is 1. The molecule has 0 atom stereocenters. The van der Waals surface area contributed by atoms with Gasteiger partial charge in [0.05, 0.1) is 18.6 Å². The lowest BCUT2D eigenvalue weighted by Gasteiger charge is -2.19. The highest BCUT2D eigenvalue weighted by Crippen LogP contribution is 2.27. The molecule has 0 aliphatic carbocycles. The highest BCUT2D eigenvalue weighted by molar-refractivity contribution is 5.99. The Balaban J connectivity index is 2.76. The number of ether oxygens (including phenoxy) is 2. The van der Waals surface area contributed by atoms with Crippen molar-refractivity contribution in [3.63, 3.8) is 0 Å². The van der Waals surface area contributed by atoms with Crippen molar-refractivity contribution in [2.45, 2.75) is 26.4 Å². The molecule has 22 heavy (non-hydrogen) atoms. The molecule has 8 heteroatoms. The van der Waals surface area contributed by atoms with Crippen LogP contribution in [0.3, 0.4) is 0 Å². The minimum Gasteiger partial charge on any atom is -0.490 e. The van der Waals surface area contributed by atoms with Gasteiger partial charge in [-0.05, 0) is 32.9 Å². The molecule has 0 bridgehead atoms. The maximum absolute atomic E-state index is 12.0. The van der Waals surface area contributed by atoms with Gasteiger partial charge in [0.1, 0.15) is 5.60 Å². The van der Waals surface area contributed by atoms with Gasteiger partial charge in [-0.1, -0.05) is 0 Å². The van der Waals surface area contributed by atoms with Crippen molar-refractivity contribution < 1.29 is 24.0 Å². The van der Waals surface area contributed by atoms with Gasteiger partial charge in [-0.25, -0.2) is 4.79 Å². The molecule has 1 rings (SSSR count). The number of nitrogens with zero attached hydrogens (tertiary/aromatic N) is 1. The van der Waals surface area contributed by atoms with Crippen molar-refractivity contribution >= 4 is 17.6 Å². The third kappa shape index (κ3) is 5.04. The topological polar surface area (TPSA) is 108 Å². The van der Waals surface area contributed by atoms with Crippen LogP contribution >= 0.6 is 0 Å². The summed E-state index contributed by atoms with van der Waals surface area (Å²) >= 11 is 0. The molecule has 0 spiro atoms. The van der Waals surface area contributed by atoms with Gasteiger partial charge in [-0.2, -0.15) is 0 Å². The highest BCUT2D eigenvalue weighted by atomic mass is 16.6. The van der Waals surface area contributed by atoms with Crippen LogP contribution in [0.15, 0.2) is 18.2 Å². The second-order valence-corrected chi connectivity index (χ2v) is 5.42. The van der Waals surface area contributed by atoms with E-state index in [4.69, 9.17) is 9.47 Å². The summed E-state index contributed by atoms with van der Waals surface area (Å²) < 4.78 is 9.84. The van der Waals surface area contributed by atoms with E-state index < -0.39 is 22.4 Å². The number of nitro benzene ring substituents is 1. The molecule has 0 heterocycles. The van der Waals surface area contributed by atoms with Gasteiger partial charge in [0, 0.05) is 11.6 Å². The van der Waals surface area contributed by atoms with E-state index in [0.29, 0.717) is 0 Å². The van der Waals surface area contributed by atoms with E-state index in [2.05, 4.69) is 5.32 Å². The number of alkyl carbamates (subject to hydrolysis) is 1. The molecule has 1 amide bonds. The van der Waals surface area contributed by atoms with Crippen molar-refractivity contribution in [2.24, 2.45) is 0 Å². The number of nitrogens with one attached hydrogen (secondary N) is 1. The standard InChI is InChI=1S/C14H18N2O6/c1-14(2,3)22-13(18)15-8-11(17)9-5-6-12(21-4)10(7-9)16(19)20/h5-7H,8H2,1-4H3,(H,15,18). The summed E-state index contributed by atoms with van der Waals surface area (Å²) in [5.74, 6) is -0.418. The van der Waals surface area contributed by atoms with Crippen LogP contribution in [0.2, 0.25) is 0 Å². The fourth-order valence-electron chi connectivity index (χ4n) is 1.57. The molecule has 0 aliphatic heterocycles. The zero-order valence-corrected chi connectivity index (χ0v) is 12.8. The van der Waals surface area contributed by atoms with Crippen LogP contribution in [0.5, 0.6) is 5.75 Å². The first kappa shape index (κ1) is 17.4. The summed E-state index contributed by atoms with van der Waals surface area (Å²) in [6, 6.07) is 3.84. The van der Waals surface area contributed by atoms with E-state index in [1.54, 1.807) is 20.8 Å². The Hall–Kier alpha value is -2.64. The zero-order chi connectivity index (χ0) is 16.9. The lowest BCUT2D eigenvalue weighted by Crippen LogP contribution is -2.35. The number of rotatable bonds is 5. The van der Waals surface area contributed by atoms with E-state index in [1.807, 2.05) is 0 Å². The van der Waals surface area contributed by atoms with E-state index in [1.165, 1.54) is 19.2 Å². The molecule has 0 saturated heterocycles. The van der Waals surface area contributed by atoms with Crippen LogP contribution in [0.4, 0.5) is 10.5 Å². The molecule has 0 aliphatic rings. The van der Waals surface area contributed by atoms with E-state index >= 15 is 0 Å². The number of Topliss-reactive ketones (excluding diaryl/α,β-unsaturated/α-hetero) is 1. The number of carbonyl (C=O) groups excluding carboxylic acids is 2. The number of amides is 1. The largest absolute Gasteiger partial charge is 0.490 e. The Bertz CT molecular complexity index is 591. The Labute approximate surface area is 127 Å². The van der Waals surface area contributed by atoms with Gasteiger partial charge in [0.15, 0.2) is 11.5 Å². The average molecular weight is 310 g/mol. The van der Waals surface area contributed by atoms with E-state index in [0.717, 1.165) is 6.07 Å². The summed E-state index contributed by atoms with van der Waals surface area (Å²) in [4.78, 5) is 33.7. The second-order valence-electron chi connectivity index (χ2n) is 5.42. The van der Waals surface area contributed by atoms with Crippen LogP contribution in [-0.4, -0.2) is 36.1 Å². The fourth-order valence-corrected chi connectivity index (χ4v) is 1.57. The molecule has 0 aromatic heterocycles. The SMILES string of the molecule is COc1ccc(C(=O)CNC(=O)OC(C)(C)C)cc1[N+](=O)[O-]. The van der Waals surface area contributed by atoms with Gasteiger partial charge in [-0.15, -0.1) is 0 Å². The number of benzene rings is 1. The van der Waals surface area contributed by atoms with Crippen molar-refractivity contribution in [1.29, 1.82) is 0 Å². The van der Waals surface area contributed by atoms with Crippen molar-refractivity contribution in [3.05, 3.63) is 33.9 Å². The number of methoxy groups -OCH3 is 1. The smallest absolute Gasteiger partial charge is 0.408 e. The van der Waals surface area contributed by atoms with E-state index in [9.17, 15) is 19.7 Å². The molecule has 120 valence electrons. The number of hydrogen-bond acceptors (Lipinski definition) is 6. The molecule has 0 saturated carbocycles. The van der Waals surface area contributed by atoms with Gasteiger partial charge in [0.25, 0.3) is 0 Å². The van der Waals surface area contributed by atoms with Crippen molar-refractivity contribution in [3.8, 4) is 5.75 Å². The first-order chi connectivity index (χ1) is 10.1. The lowest BCUT2D eigenvalue weighted by atomic mass is 10.1. The summed E-state index contributed by atoms with van der Waals surface area (Å²) in [6.45, 7) is 4.77. The summed E-state index contributed by atoms with van der Waals surface area (Å²) in [7, 11) is 1.30. The Morgan fingerprint density at radius 3 is 2.45 bits per heavy atom. The Morgan fingerprint density at radius 2 is 1.95 bits per heavy atom. The molecule has 1 N–H and O–H groups in total. The molecular formula is C14H18N2O6. The quantitative estimate of drug-likeness (QED) is 0.508. The molecule has 1 aromatic carbocycles. The first-order valence-corrected chi connectivity index (χ1v) is 6.46. The van der Waals surface area contributed by atoms with Gasteiger partial charge in [0.2, 0.25) is 0 Å². The number of carbonyl (C=O) groups is 2. The second kappa shape index (κ2) is 6.88. The molecule has 0 fully saturated rings. The van der Waals surface area contributed by atoms with Gasteiger partial charge in [-0.3, -0.25) is 14.9 Å². The zero-order valence-electron chi connectivity index (χ0n) is 12.8. The molecule has 0 radical (unpaired) electrons. The predicted octanol–water partition coefficient (Wildman–Crippen LogP) is 2.31. The van der Waals surface area contributed by atoms with Crippen LogP contribution in [0.25, 0.3) is 0 Å². The van der Waals surface area contributed by atoms with E-state index in [-0.39, 0.29) is 23.5 Å². The maximum atomic E-state index is 12.0. The third-order valence-corrected chi connectivity index (χ3v) is 2.49. The maximum Gasteiger partial charge on any atom is 0.408 e. The lowest BCUT2D eigenvalue weighted by molar-refractivity contribution is -0.385. The third-order valence-electron chi connectivity index (χ3n) is 2.49. The van der Waals surface area contributed by atoms with Crippen molar-refractivity contribution in [1.82, 2.24) is 5.32 Å².